The van der Waals surface area contributed by atoms with Gasteiger partial charge < -0.3 is 4.42 Å². The molecule has 0 spiro atoms. The number of hydrogen-bond acceptors (Lipinski definition) is 4. The van der Waals surface area contributed by atoms with Gasteiger partial charge >= 0.3 is 0 Å². The lowest BCUT2D eigenvalue weighted by Gasteiger charge is -1.93. The molecule has 21 heavy (non-hydrogen) atoms. The summed E-state index contributed by atoms with van der Waals surface area (Å²) in [5, 5.41) is 5.46. The van der Waals surface area contributed by atoms with Gasteiger partial charge in [-0.25, -0.2) is 13.6 Å². The maximum atomic E-state index is 11.1. The average molecular weight is 303 g/mol. The largest absolute Gasteiger partial charge is 0.464 e. The maximum absolute atomic E-state index is 11.1. The first kappa shape index (κ1) is 15.0. The van der Waals surface area contributed by atoms with Crippen LogP contribution >= 0.6 is 0 Å². The van der Waals surface area contributed by atoms with Crippen molar-refractivity contribution in [2.45, 2.75) is 4.90 Å². The molecule has 0 unspecified atom stereocenters. The number of benzene rings is 2. The van der Waals surface area contributed by atoms with Crippen molar-refractivity contribution in [2.24, 2.45) is 5.14 Å². The molecule has 0 atom stereocenters. The highest BCUT2D eigenvalue weighted by Crippen LogP contribution is 2.06. The van der Waals surface area contributed by atoms with Crippen LogP contribution in [0.25, 0.3) is 11.0 Å². The van der Waals surface area contributed by atoms with Crippen molar-refractivity contribution in [1.82, 2.24) is 0 Å². The molecule has 0 aliphatic carbocycles. The molecule has 108 valence electrons. The normalized spacial score (nSPS) is 10.7. The molecule has 0 saturated heterocycles. The molecule has 6 heteroatoms. The van der Waals surface area contributed by atoms with E-state index < -0.39 is 10.0 Å². The summed E-state index contributed by atoms with van der Waals surface area (Å²) in [6.07, 6.45) is 1.41. The number of hydrogen-bond donors (Lipinski definition) is 1. The van der Waals surface area contributed by atoms with Gasteiger partial charge in [0.1, 0.15) is 5.58 Å². The van der Waals surface area contributed by atoms with Crippen molar-refractivity contribution in [1.29, 1.82) is 0 Å². The fourth-order valence-electron chi connectivity index (χ4n) is 1.64. The second-order valence-electron chi connectivity index (χ2n) is 4.14. The number of sulfonamides is 1. The summed E-state index contributed by atoms with van der Waals surface area (Å²) < 4.78 is 26.3. The number of nitrogens with two attached hydrogens (primary N) is 1. The third kappa shape index (κ3) is 4.01. The lowest BCUT2D eigenvalue weighted by atomic mass is 10.2. The van der Waals surface area contributed by atoms with Gasteiger partial charge in [-0.2, -0.15) is 0 Å². The van der Waals surface area contributed by atoms with E-state index in [0.29, 0.717) is 11.0 Å². The van der Waals surface area contributed by atoms with Gasteiger partial charge in [-0.05, 0) is 24.3 Å². The van der Waals surface area contributed by atoms with Crippen LogP contribution in [-0.2, 0) is 10.0 Å². The minimum atomic E-state index is -3.50. The Morgan fingerprint density at radius 3 is 2.05 bits per heavy atom. The molecule has 0 amide bonds. The molecule has 2 aromatic carbocycles. The van der Waals surface area contributed by atoms with Crippen LogP contribution in [0.1, 0.15) is 0 Å². The second-order valence-corrected chi connectivity index (χ2v) is 5.70. The van der Waals surface area contributed by atoms with E-state index in [0.717, 1.165) is 0 Å². The van der Waals surface area contributed by atoms with Crippen LogP contribution in [0.4, 0.5) is 0 Å². The van der Waals surface area contributed by atoms with E-state index >= 15 is 0 Å². The Hall–Kier alpha value is -2.44. The summed E-state index contributed by atoms with van der Waals surface area (Å²) in [6, 6.07) is 16.5. The maximum Gasteiger partial charge on any atom is 0.238 e. The lowest BCUT2D eigenvalue weighted by Crippen LogP contribution is -2.11. The summed E-state index contributed by atoms with van der Waals surface area (Å²) in [6.45, 7) is 0. The average Bonchev–Trinajstić information content (AvgIpc) is 2.49. The number of rotatable bonds is 1. The predicted octanol–water partition coefficient (Wildman–Crippen LogP) is 2.13. The number of primary sulfonamides is 1. The van der Waals surface area contributed by atoms with Crippen LogP contribution in [0.15, 0.2) is 81.0 Å². The molecule has 1 aromatic heterocycles. The van der Waals surface area contributed by atoms with Gasteiger partial charge in [0.05, 0.1) is 16.5 Å². The molecule has 0 radical (unpaired) electrons. The molecule has 3 aromatic rings. The zero-order chi connectivity index (χ0) is 15.3. The first-order valence-electron chi connectivity index (χ1n) is 6.03. The van der Waals surface area contributed by atoms with Crippen molar-refractivity contribution in [3.63, 3.8) is 0 Å². The van der Waals surface area contributed by atoms with Gasteiger partial charge in [0.25, 0.3) is 0 Å². The summed E-state index contributed by atoms with van der Waals surface area (Å²) in [5.74, 6) is 0. The molecule has 0 aliphatic rings. The Bertz CT molecular complexity index is 881. The number of para-hydroxylation sites is 1. The molecule has 0 bridgehead atoms. The van der Waals surface area contributed by atoms with E-state index in [1.54, 1.807) is 30.3 Å². The highest BCUT2D eigenvalue weighted by Gasteiger charge is 2.03. The first-order valence-corrected chi connectivity index (χ1v) is 7.57. The van der Waals surface area contributed by atoms with Crippen LogP contribution in [0, 0.1) is 0 Å². The second kappa shape index (κ2) is 6.34. The standard InChI is InChI=1S/C9H6O2.C6H7NO2S/c10-8-5-6-11-9-4-2-1-3-7(8)9;7-10(8,9)6-4-2-1-3-5-6/h1-6H;1-5H,(H2,7,8,9). The third-order valence-electron chi connectivity index (χ3n) is 2.64. The van der Waals surface area contributed by atoms with E-state index in [1.165, 1.54) is 24.5 Å². The SMILES string of the molecule is NS(=O)(=O)c1ccccc1.O=c1ccoc2ccccc12. The molecule has 2 N–H and O–H groups in total. The Morgan fingerprint density at radius 2 is 1.48 bits per heavy atom. The molecule has 0 saturated carbocycles. The van der Waals surface area contributed by atoms with Gasteiger partial charge in [0, 0.05) is 6.07 Å². The summed E-state index contributed by atoms with van der Waals surface area (Å²) in [4.78, 5) is 11.3. The zero-order valence-corrected chi connectivity index (χ0v) is 11.8. The van der Waals surface area contributed by atoms with E-state index in [9.17, 15) is 13.2 Å². The fourth-order valence-corrected chi connectivity index (χ4v) is 2.18. The molecular formula is C15H13NO4S. The minimum Gasteiger partial charge on any atom is -0.464 e. The van der Waals surface area contributed by atoms with Crippen LogP contribution in [0.5, 0.6) is 0 Å². The Morgan fingerprint density at radius 1 is 0.857 bits per heavy atom. The van der Waals surface area contributed by atoms with Gasteiger partial charge in [0.2, 0.25) is 10.0 Å². The smallest absolute Gasteiger partial charge is 0.238 e. The molecule has 1 heterocycles. The van der Waals surface area contributed by atoms with Crippen molar-refractivity contribution in [2.75, 3.05) is 0 Å². The van der Waals surface area contributed by atoms with Crippen LogP contribution in [0.3, 0.4) is 0 Å². The zero-order valence-electron chi connectivity index (χ0n) is 11.0. The van der Waals surface area contributed by atoms with Crippen LogP contribution in [-0.4, -0.2) is 8.42 Å². The first-order chi connectivity index (χ1) is 9.98. The predicted molar refractivity (Wildman–Crippen MR) is 80.3 cm³/mol. The molecule has 0 fully saturated rings. The minimum absolute atomic E-state index is 0.00634. The highest BCUT2D eigenvalue weighted by molar-refractivity contribution is 7.89. The fraction of sp³-hybridized carbons (Fsp3) is 0. The van der Waals surface area contributed by atoms with E-state index in [-0.39, 0.29) is 10.3 Å². The Balaban J connectivity index is 0.000000155. The molecule has 3 rings (SSSR count). The summed E-state index contributed by atoms with van der Waals surface area (Å²) in [5.41, 5.74) is 0.645. The molecular weight excluding hydrogens is 290 g/mol. The summed E-state index contributed by atoms with van der Waals surface area (Å²) >= 11 is 0. The van der Waals surface area contributed by atoms with E-state index in [1.807, 2.05) is 12.1 Å². The molecule has 0 aliphatic heterocycles. The number of fused-ring (bicyclic) bond motifs is 1. The van der Waals surface area contributed by atoms with Crippen molar-refractivity contribution in [3.05, 3.63) is 77.2 Å². The van der Waals surface area contributed by atoms with Gasteiger partial charge in [0.15, 0.2) is 5.43 Å². The quantitative estimate of drug-likeness (QED) is 0.745. The summed E-state index contributed by atoms with van der Waals surface area (Å²) in [7, 11) is -3.50. The monoisotopic (exact) mass is 303 g/mol. The van der Waals surface area contributed by atoms with E-state index in [4.69, 9.17) is 9.56 Å². The van der Waals surface area contributed by atoms with Crippen molar-refractivity contribution < 1.29 is 12.8 Å². The Kier molecular flexibility index (Phi) is 4.52. The lowest BCUT2D eigenvalue weighted by molar-refractivity contribution is 0.597. The van der Waals surface area contributed by atoms with Crippen molar-refractivity contribution in [3.8, 4) is 0 Å². The molecule has 5 nitrogen and oxygen atoms in total. The van der Waals surface area contributed by atoms with E-state index in [2.05, 4.69) is 0 Å². The highest BCUT2D eigenvalue weighted by atomic mass is 32.2. The topological polar surface area (TPSA) is 90.4 Å². The third-order valence-corrected chi connectivity index (χ3v) is 3.57. The van der Waals surface area contributed by atoms with Crippen LogP contribution in [0.2, 0.25) is 0 Å². The van der Waals surface area contributed by atoms with Crippen LogP contribution < -0.4 is 10.6 Å². The van der Waals surface area contributed by atoms with Crippen molar-refractivity contribution >= 4 is 21.0 Å². The van der Waals surface area contributed by atoms with Gasteiger partial charge in [-0.15, -0.1) is 0 Å². The Labute approximate surface area is 121 Å². The van der Waals surface area contributed by atoms with Gasteiger partial charge in [-0.3, -0.25) is 4.79 Å². The van der Waals surface area contributed by atoms with Gasteiger partial charge in [-0.1, -0.05) is 30.3 Å².